The molecule has 0 aromatic heterocycles. The number of ether oxygens (including phenoxy) is 1. The molecule has 0 radical (unpaired) electrons. The van der Waals surface area contributed by atoms with Gasteiger partial charge in [0.05, 0.1) is 6.61 Å². The molecule has 0 aliphatic heterocycles. The van der Waals surface area contributed by atoms with E-state index in [0.29, 0.717) is 5.92 Å². The Balaban J connectivity index is 2.57. The molecule has 0 saturated carbocycles. The average molecular weight is 221 g/mol. The Morgan fingerprint density at radius 1 is 1.31 bits per heavy atom. The Morgan fingerprint density at radius 2 is 2.06 bits per heavy atom. The van der Waals surface area contributed by atoms with Crippen molar-refractivity contribution in [1.29, 1.82) is 0 Å². The summed E-state index contributed by atoms with van der Waals surface area (Å²) in [7, 11) is 1.97. The molecule has 0 fully saturated rings. The summed E-state index contributed by atoms with van der Waals surface area (Å²) in [4.78, 5) is 0. The number of rotatable bonds is 7. The quantitative estimate of drug-likeness (QED) is 0.714. The van der Waals surface area contributed by atoms with Gasteiger partial charge >= 0.3 is 0 Å². The Bertz CT molecular complexity index is 299. The molecule has 16 heavy (non-hydrogen) atoms. The molecule has 0 saturated heterocycles. The van der Waals surface area contributed by atoms with Gasteiger partial charge in [-0.3, -0.25) is 0 Å². The Hall–Kier alpha value is -1.02. The van der Waals surface area contributed by atoms with Crippen LogP contribution in [-0.4, -0.2) is 20.2 Å². The fourth-order valence-corrected chi connectivity index (χ4v) is 1.67. The minimum Gasteiger partial charge on any atom is -0.493 e. The van der Waals surface area contributed by atoms with E-state index in [4.69, 9.17) is 4.74 Å². The molecule has 0 amide bonds. The van der Waals surface area contributed by atoms with Crippen molar-refractivity contribution < 1.29 is 4.74 Å². The number of hydrogen-bond donors (Lipinski definition) is 1. The van der Waals surface area contributed by atoms with Crippen molar-refractivity contribution in [1.82, 2.24) is 5.32 Å². The van der Waals surface area contributed by atoms with E-state index in [1.54, 1.807) is 0 Å². The number of nitrogens with one attached hydrogen (secondary N) is 1. The molecule has 0 heterocycles. The number of para-hydroxylation sites is 1. The summed E-state index contributed by atoms with van der Waals surface area (Å²) < 4.78 is 5.82. The fraction of sp³-hybridized carbons (Fsp3) is 0.571. The fourth-order valence-electron chi connectivity index (χ4n) is 1.67. The van der Waals surface area contributed by atoms with Crippen LogP contribution in [0.1, 0.15) is 38.2 Å². The van der Waals surface area contributed by atoms with E-state index in [9.17, 15) is 0 Å². The summed E-state index contributed by atoms with van der Waals surface area (Å²) in [6.07, 6.45) is 2.20. The van der Waals surface area contributed by atoms with Crippen LogP contribution >= 0.6 is 0 Å². The lowest BCUT2D eigenvalue weighted by Gasteiger charge is -2.15. The third-order valence-corrected chi connectivity index (χ3v) is 2.89. The molecule has 2 nitrogen and oxygen atoms in total. The van der Waals surface area contributed by atoms with Gasteiger partial charge in [-0.1, -0.05) is 32.0 Å². The summed E-state index contributed by atoms with van der Waals surface area (Å²) in [5.41, 5.74) is 1.33. The first-order valence-electron chi connectivity index (χ1n) is 6.16. The first-order chi connectivity index (χ1) is 7.79. The third kappa shape index (κ3) is 3.86. The van der Waals surface area contributed by atoms with Crippen molar-refractivity contribution in [3.05, 3.63) is 29.8 Å². The number of hydrogen-bond acceptors (Lipinski definition) is 2. The maximum atomic E-state index is 5.82. The SMILES string of the molecule is CCC(C)c1ccccc1OCCCNC. The lowest BCUT2D eigenvalue weighted by Crippen LogP contribution is -2.12. The van der Waals surface area contributed by atoms with Crippen molar-refractivity contribution in [2.75, 3.05) is 20.2 Å². The molecule has 1 aromatic rings. The smallest absolute Gasteiger partial charge is 0.122 e. The molecule has 90 valence electrons. The van der Waals surface area contributed by atoms with E-state index >= 15 is 0 Å². The van der Waals surface area contributed by atoms with Crippen LogP contribution < -0.4 is 10.1 Å². The van der Waals surface area contributed by atoms with E-state index in [-0.39, 0.29) is 0 Å². The Morgan fingerprint density at radius 3 is 2.75 bits per heavy atom. The molecule has 2 heteroatoms. The van der Waals surface area contributed by atoms with Gasteiger partial charge in [0.2, 0.25) is 0 Å². The monoisotopic (exact) mass is 221 g/mol. The Kier molecular flexibility index (Phi) is 5.94. The van der Waals surface area contributed by atoms with E-state index in [1.807, 2.05) is 13.1 Å². The first-order valence-corrected chi connectivity index (χ1v) is 6.16. The molecule has 0 bridgehead atoms. The van der Waals surface area contributed by atoms with E-state index < -0.39 is 0 Å². The van der Waals surface area contributed by atoms with Gasteiger partial charge in [-0.2, -0.15) is 0 Å². The summed E-state index contributed by atoms with van der Waals surface area (Å²) in [5.74, 6) is 1.62. The molecule has 1 unspecified atom stereocenters. The predicted molar refractivity (Wildman–Crippen MR) is 69.2 cm³/mol. The van der Waals surface area contributed by atoms with Crippen LogP contribution in [0.25, 0.3) is 0 Å². The van der Waals surface area contributed by atoms with Gasteiger partial charge in [0, 0.05) is 0 Å². The highest BCUT2D eigenvalue weighted by Gasteiger charge is 2.08. The Labute approximate surface area is 99.0 Å². The van der Waals surface area contributed by atoms with Gasteiger partial charge in [0.1, 0.15) is 5.75 Å². The standard InChI is InChI=1S/C14H23NO/c1-4-12(2)13-8-5-6-9-14(13)16-11-7-10-15-3/h5-6,8-9,12,15H,4,7,10-11H2,1-3H3. The maximum absolute atomic E-state index is 5.82. The largest absolute Gasteiger partial charge is 0.493 e. The highest BCUT2D eigenvalue weighted by molar-refractivity contribution is 5.35. The number of benzene rings is 1. The van der Waals surface area contributed by atoms with Crippen molar-refractivity contribution in [2.45, 2.75) is 32.6 Å². The van der Waals surface area contributed by atoms with Gasteiger partial charge in [0.25, 0.3) is 0 Å². The van der Waals surface area contributed by atoms with Crippen LogP contribution in [-0.2, 0) is 0 Å². The van der Waals surface area contributed by atoms with Crippen LogP contribution in [0, 0.1) is 0 Å². The van der Waals surface area contributed by atoms with E-state index in [0.717, 1.165) is 31.7 Å². The summed E-state index contributed by atoms with van der Waals surface area (Å²) in [5, 5.41) is 3.12. The van der Waals surface area contributed by atoms with E-state index in [2.05, 4.69) is 37.4 Å². The molecule has 1 rings (SSSR count). The van der Waals surface area contributed by atoms with Crippen molar-refractivity contribution in [3.8, 4) is 5.75 Å². The summed E-state index contributed by atoms with van der Waals surface area (Å²) in [6.45, 7) is 6.25. The summed E-state index contributed by atoms with van der Waals surface area (Å²) in [6, 6.07) is 8.36. The lowest BCUT2D eigenvalue weighted by molar-refractivity contribution is 0.305. The second kappa shape index (κ2) is 7.29. The van der Waals surface area contributed by atoms with Crippen LogP contribution in [0.2, 0.25) is 0 Å². The molecular weight excluding hydrogens is 198 g/mol. The average Bonchev–Trinajstić information content (AvgIpc) is 2.34. The molecule has 0 spiro atoms. The van der Waals surface area contributed by atoms with Crippen LogP contribution in [0.15, 0.2) is 24.3 Å². The molecular formula is C14H23NO. The second-order valence-electron chi connectivity index (χ2n) is 4.15. The first kappa shape index (κ1) is 13.0. The van der Waals surface area contributed by atoms with Crippen molar-refractivity contribution in [2.24, 2.45) is 0 Å². The lowest BCUT2D eigenvalue weighted by atomic mass is 9.98. The molecule has 1 N–H and O–H groups in total. The van der Waals surface area contributed by atoms with Gasteiger partial charge in [0.15, 0.2) is 0 Å². The normalized spacial score (nSPS) is 12.4. The molecule has 1 aromatic carbocycles. The van der Waals surface area contributed by atoms with E-state index in [1.165, 1.54) is 5.56 Å². The third-order valence-electron chi connectivity index (χ3n) is 2.89. The van der Waals surface area contributed by atoms with Crippen LogP contribution in [0.4, 0.5) is 0 Å². The molecule has 1 atom stereocenters. The minimum atomic E-state index is 0.570. The van der Waals surface area contributed by atoms with Gasteiger partial charge < -0.3 is 10.1 Å². The highest BCUT2D eigenvalue weighted by atomic mass is 16.5. The maximum Gasteiger partial charge on any atom is 0.122 e. The predicted octanol–water partition coefficient (Wildman–Crippen LogP) is 3.19. The zero-order valence-electron chi connectivity index (χ0n) is 10.6. The minimum absolute atomic E-state index is 0.570. The van der Waals surface area contributed by atoms with Gasteiger partial charge in [-0.05, 0) is 44.0 Å². The van der Waals surface area contributed by atoms with Gasteiger partial charge in [-0.25, -0.2) is 0 Å². The molecule has 0 aliphatic rings. The molecule has 0 aliphatic carbocycles. The van der Waals surface area contributed by atoms with Crippen LogP contribution in [0.3, 0.4) is 0 Å². The zero-order chi connectivity index (χ0) is 11.8. The second-order valence-corrected chi connectivity index (χ2v) is 4.15. The topological polar surface area (TPSA) is 21.3 Å². The highest BCUT2D eigenvalue weighted by Crippen LogP contribution is 2.28. The zero-order valence-corrected chi connectivity index (χ0v) is 10.6. The van der Waals surface area contributed by atoms with Gasteiger partial charge in [-0.15, -0.1) is 0 Å². The summed E-state index contributed by atoms with van der Waals surface area (Å²) >= 11 is 0. The van der Waals surface area contributed by atoms with Crippen molar-refractivity contribution in [3.63, 3.8) is 0 Å². The van der Waals surface area contributed by atoms with Crippen molar-refractivity contribution >= 4 is 0 Å². The van der Waals surface area contributed by atoms with Crippen LogP contribution in [0.5, 0.6) is 5.75 Å².